The molecule has 2 aromatic carbocycles. The zero-order chi connectivity index (χ0) is 14.8. The van der Waals surface area contributed by atoms with E-state index in [9.17, 15) is 0 Å². The van der Waals surface area contributed by atoms with Crippen molar-refractivity contribution in [3.63, 3.8) is 0 Å². The number of rotatable bonds is 3. The molecule has 0 fully saturated rings. The number of nitrogens with zero attached hydrogens (tertiary/aromatic N) is 1. The van der Waals surface area contributed by atoms with E-state index in [4.69, 9.17) is 10.5 Å². The third-order valence-electron chi connectivity index (χ3n) is 3.31. The molecule has 0 radical (unpaired) electrons. The standard InChI is InChI=1S/C17H15BrN2O/c1-11-6-7-12(18)8-16(11)21-17-9-13(10-19)20-15-5-3-2-4-14(15)17/h2-9H,10,19H2,1H3. The van der Waals surface area contributed by atoms with Crippen molar-refractivity contribution >= 4 is 26.8 Å². The van der Waals surface area contributed by atoms with Gasteiger partial charge in [0.05, 0.1) is 11.2 Å². The smallest absolute Gasteiger partial charge is 0.138 e. The molecule has 4 heteroatoms. The van der Waals surface area contributed by atoms with Gasteiger partial charge in [0.15, 0.2) is 0 Å². The van der Waals surface area contributed by atoms with Crippen LogP contribution < -0.4 is 10.5 Å². The van der Waals surface area contributed by atoms with Gasteiger partial charge in [-0.3, -0.25) is 4.98 Å². The van der Waals surface area contributed by atoms with Crippen LogP contribution in [0.4, 0.5) is 0 Å². The Kier molecular flexibility index (Phi) is 3.90. The van der Waals surface area contributed by atoms with E-state index < -0.39 is 0 Å². The zero-order valence-electron chi connectivity index (χ0n) is 11.6. The summed E-state index contributed by atoms with van der Waals surface area (Å²) in [5, 5.41) is 0.981. The van der Waals surface area contributed by atoms with Crippen molar-refractivity contribution in [2.24, 2.45) is 5.73 Å². The van der Waals surface area contributed by atoms with Gasteiger partial charge in [0.25, 0.3) is 0 Å². The molecular formula is C17H15BrN2O. The maximum Gasteiger partial charge on any atom is 0.138 e. The van der Waals surface area contributed by atoms with Crippen LogP contribution >= 0.6 is 15.9 Å². The molecule has 0 amide bonds. The number of hydrogen-bond acceptors (Lipinski definition) is 3. The number of pyridine rings is 1. The van der Waals surface area contributed by atoms with Crippen molar-refractivity contribution in [1.29, 1.82) is 0 Å². The molecule has 0 spiro atoms. The van der Waals surface area contributed by atoms with Crippen molar-refractivity contribution in [2.45, 2.75) is 13.5 Å². The predicted molar refractivity (Wildman–Crippen MR) is 88.6 cm³/mol. The highest BCUT2D eigenvalue weighted by Gasteiger charge is 2.09. The van der Waals surface area contributed by atoms with Crippen molar-refractivity contribution in [2.75, 3.05) is 0 Å². The van der Waals surface area contributed by atoms with Crippen LogP contribution in [-0.4, -0.2) is 4.98 Å². The third kappa shape index (κ3) is 2.91. The third-order valence-corrected chi connectivity index (χ3v) is 3.80. The summed E-state index contributed by atoms with van der Waals surface area (Å²) in [6, 6.07) is 15.8. The molecule has 0 unspecified atom stereocenters. The normalized spacial score (nSPS) is 10.8. The molecule has 0 saturated heterocycles. The minimum Gasteiger partial charge on any atom is -0.456 e. The molecule has 0 aliphatic carbocycles. The summed E-state index contributed by atoms with van der Waals surface area (Å²) in [5.74, 6) is 1.60. The minimum atomic E-state index is 0.388. The second-order valence-electron chi connectivity index (χ2n) is 4.84. The summed E-state index contributed by atoms with van der Waals surface area (Å²) >= 11 is 3.48. The van der Waals surface area contributed by atoms with Crippen LogP contribution in [0.2, 0.25) is 0 Å². The van der Waals surface area contributed by atoms with Crippen molar-refractivity contribution in [3.05, 3.63) is 64.3 Å². The molecule has 0 saturated carbocycles. The topological polar surface area (TPSA) is 48.1 Å². The maximum atomic E-state index is 6.12. The Labute approximate surface area is 131 Å². The van der Waals surface area contributed by atoms with Gasteiger partial charge in [0.1, 0.15) is 11.5 Å². The van der Waals surface area contributed by atoms with Crippen molar-refractivity contribution in [1.82, 2.24) is 4.98 Å². The SMILES string of the molecule is Cc1ccc(Br)cc1Oc1cc(CN)nc2ccccc12. The van der Waals surface area contributed by atoms with Crippen LogP contribution in [0.15, 0.2) is 53.0 Å². The van der Waals surface area contributed by atoms with E-state index in [1.807, 2.05) is 55.5 Å². The van der Waals surface area contributed by atoms with Crippen LogP contribution in [0.5, 0.6) is 11.5 Å². The first-order valence-electron chi connectivity index (χ1n) is 6.70. The Morgan fingerprint density at radius 3 is 2.71 bits per heavy atom. The molecule has 21 heavy (non-hydrogen) atoms. The predicted octanol–water partition coefficient (Wildman–Crippen LogP) is 4.56. The summed E-state index contributed by atoms with van der Waals surface area (Å²) in [6.45, 7) is 2.41. The van der Waals surface area contributed by atoms with Gasteiger partial charge >= 0.3 is 0 Å². The number of ether oxygens (including phenoxy) is 1. The van der Waals surface area contributed by atoms with E-state index in [1.54, 1.807) is 0 Å². The Morgan fingerprint density at radius 2 is 1.90 bits per heavy atom. The average Bonchev–Trinajstić information content (AvgIpc) is 2.50. The molecule has 106 valence electrons. The highest BCUT2D eigenvalue weighted by molar-refractivity contribution is 9.10. The first-order chi connectivity index (χ1) is 10.2. The summed E-state index contributed by atoms with van der Waals surface area (Å²) in [4.78, 5) is 4.52. The first-order valence-corrected chi connectivity index (χ1v) is 7.49. The van der Waals surface area contributed by atoms with Gasteiger partial charge in [-0.05, 0) is 36.8 Å². The van der Waals surface area contributed by atoms with E-state index in [-0.39, 0.29) is 0 Å². The van der Waals surface area contributed by atoms with E-state index >= 15 is 0 Å². The second kappa shape index (κ2) is 5.84. The number of aryl methyl sites for hydroxylation is 1. The van der Waals surface area contributed by atoms with Crippen LogP contribution in [0, 0.1) is 6.92 Å². The number of fused-ring (bicyclic) bond motifs is 1. The summed E-state index contributed by atoms with van der Waals surface area (Å²) in [7, 11) is 0. The fourth-order valence-electron chi connectivity index (χ4n) is 2.19. The fourth-order valence-corrected chi connectivity index (χ4v) is 2.53. The quantitative estimate of drug-likeness (QED) is 0.759. The Hall–Kier alpha value is -1.91. The van der Waals surface area contributed by atoms with Crippen LogP contribution in [0.1, 0.15) is 11.3 Å². The van der Waals surface area contributed by atoms with Gasteiger partial charge in [-0.25, -0.2) is 0 Å². The Bertz CT molecular complexity index is 802. The van der Waals surface area contributed by atoms with Crippen LogP contribution in [-0.2, 0) is 6.54 Å². The molecular weight excluding hydrogens is 328 g/mol. The van der Waals surface area contributed by atoms with Gasteiger partial charge in [0.2, 0.25) is 0 Å². The number of nitrogens with two attached hydrogens (primary N) is 1. The lowest BCUT2D eigenvalue weighted by molar-refractivity contribution is 0.483. The van der Waals surface area contributed by atoms with E-state index in [1.165, 1.54) is 0 Å². The Balaban J connectivity index is 2.13. The number of halogens is 1. The minimum absolute atomic E-state index is 0.388. The van der Waals surface area contributed by atoms with Crippen LogP contribution in [0.3, 0.4) is 0 Å². The van der Waals surface area contributed by atoms with Gasteiger partial charge in [-0.1, -0.05) is 34.1 Å². The molecule has 3 rings (SSSR count). The number of hydrogen-bond donors (Lipinski definition) is 1. The molecule has 1 heterocycles. The lowest BCUT2D eigenvalue weighted by Crippen LogP contribution is -2.01. The highest BCUT2D eigenvalue weighted by atomic mass is 79.9. The molecule has 0 atom stereocenters. The lowest BCUT2D eigenvalue weighted by Gasteiger charge is -2.12. The number of aromatic nitrogens is 1. The van der Waals surface area contributed by atoms with Gasteiger partial charge < -0.3 is 10.5 Å². The molecule has 2 N–H and O–H groups in total. The van der Waals surface area contributed by atoms with Gasteiger partial charge in [-0.15, -0.1) is 0 Å². The van der Waals surface area contributed by atoms with Crippen molar-refractivity contribution in [3.8, 4) is 11.5 Å². The van der Waals surface area contributed by atoms with E-state index in [2.05, 4.69) is 20.9 Å². The zero-order valence-corrected chi connectivity index (χ0v) is 13.2. The molecule has 3 aromatic rings. The summed E-state index contributed by atoms with van der Waals surface area (Å²) in [5.41, 5.74) is 8.52. The largest absolute Gasteiger partial charge is 0.456 e. The molecule has 0 bridgehead atoms. The summed E-state index contributed by atoms with van der Waals surface area (Å²) in [6.07, 6.45) is 0. The van der Waals surface area contributed by atoms with Gasteiger partial charge in [0, 0.05) is 22.5 Å². The highest BCUT2D eigenvalue weighted by Crippen LogP contribution is 2.33. The van der Waals surface area contributed by atoms with E-state index in [0.717, 1.165) is 38.1 Å². The van der Waals surface area contributed by atoms with E-state index in [0.29, 0.717) is 6.54 Å². The van der Waals surface area contributed by atoms with Crippen molar-refractivity contribution < 1.29 is 4.74 Å². The number of benzene rings is 2. The molecule has 0 aliphatic heterocycles. The maximum absolute atomic E-state index is 6.12. The monoisotopic (exact) mass is 342 g/mol. The second-order valence-corrected chi connectivity index (χ2v) is 5.76. The molecule has 0 aliphatic rings. The fraction of sp³-hybridized carbons (Fsp3) is 0.118. The summed E-state index contributed by atoms with van der Waals surface area (Å²) < 4.78 is 7.11. The first kappa shape index (κ1) is 14.0. The lowest BCUT2D eigenvalue weighted by atomic mass is 10.1. The molecule has 1 aromatic heterocycles. The average molecular weight is 343 g/mol. The van der Waals surface area contributed by atoms with Crippen LogP contribution in [0.25, 0.3) is 10.9 Å². The van der Waals surface area contributed by atoms with Gasteiger partial charge in [-0.2, -0.15) is 0 Å². The Morgan fingerprint density at radius 1 is 1.10 bits per heavy atom. The number of para-hydroxylation sites is 1. The molecule has 3 nitrogen and oxygen atoms in total.